The second-order valence-corrected chi connectivity index (χ2v) is 9.09. The Morgan fingerprint density at radius 2 is 1.61 bits per heavy atom. The Kier molecular flexibility index (Phi) is 5.56. The summed E-state index contributed by atoms with van der Waals surface area (Å²) in [4.78, 5) is 21.0. The number of Topliss-reactive ketones (excluding diaryl/α,β-unsaturated/α-hetero) is 1. The van der Waals surface area contributed by atoms with E-state index in [1.165, 1.54) is 12.1 Å². The Labute approximate surface area is 181 Å². The van der Waals surface area contributed by atoms with E-state index in [4.69, 9.17) is 0 Å². The molecule has 1 aromatic heterocycles. The molecule has 0 atom stereocenters. The van der Waals surface area contributed by atoms with Crippen LogP contribution in [0.1, 0.15) is 33.7 Å². The molecule has 3 aromatic rings. The molecule has 1 heterocycles. The molecule has 0 fully saturated rings. The van der Waals surface area contributed by atoms with Gasteiger partial charge in [-0.2, -0.15) is 0 Å². The highest BCUT2D eigenvalue weighted by atomic mass is 32.2. The van der Waals surface area contributed by atoms with Gasteiger partial charge in [-0.25, -0.2) is 23.1 Å². The van der Waals surface area contributed by atoms with Crippen molar-refractivity contribution in [3.63, 3.8) is 0 Å². The number of allylic oxidation sites excluding steroid dienone is 1. The third kappa shape index (κ3) is 4.64. The van der Waals surface area contributed by atoms with Crippen molar-refractivity contribution in [3.8, 4) is 0 Å². The lowest BCUT2D eigenvalue weighted by molar-refractivity contribution is 0.102. The molecule has 0 saturated carbocycles. The molecule has 158 valence electrons. The van der Waals surface area contributed by atoms with E-state index in [9.17, 15) is 13.2 Å². The van der Waals surface area contributed by atoms with E-state index in [1.807, 2.05) is 24.3 Å². The van der Waals surface area contributed by atoms with Crippen molar-refractivity contribution in [2.45, 2.75) is 31.6 Å². The highest BCUT2D eigenvalue weighted by molar-refractivity contribution is 7.92. The van der Waals surface area contributed by atoms with Crippen LogP contribution in [0.3, 0.4) is 0 Å². The maximum Gasteiger partial charge on any atom is 0.264 e. The topological polar surface area (TPSA) is 101 Å². The van der Waals surface area contributed by atoms with Crippen molar-refractivity contribution in [2.75, 3.05) is 10.0 Å². The smallest absolute Gasteiger partial charge is 0.264 e. The lowest BCUT2D eigenvalue weighted by Crippen LogP contribution is -2.16. The lowest BCUT2D eigenvalue weighted by atomic mass is 9.87. The SMILES string of the molecule is Cc1cc(C)nc(NS(=O)(=O)c2ccc(NC=C3CCc4ccccc4C3=O)cc2)n1. The van der Waals surface area contributed by atoms with E-state index < -0.39 is 10.0 Å². The van der Waals surface area contributed by atoms with Crippen LogP contribution in [-0.2, 0) is 16.4 Å². The Bertz CT molecular complexity index is 1260. The van der Waals surface area contributed by atoms with Crippen molar-refractivity contribution in [1.29, 1.82) is 0 Å². The van der Waals surface area contributed by atoms with Gasteiger partial charge in [0.1, 0.15) is 0 Å². The van der Waals surface area contributed by atoms with Gasteiger partial charge < -0.3 is 5.32 Å². The van der Waals surface area contributed by atoms with E-state index in [2.05, 4.69) is 20.0 Å². The van der Waals surface area contributed by atoms with Gasteiger partial charge in [-0.3, -0.25) is 4.79 Å². The summed E-state index contributed by atoms with van der Waals surface area (Å²) in [7, 11) is -3.81. The first-order chi connectivity index (χ1) is 14.8. The quantitative estimate of drug-likeness (QED) is 0.588. The van der Waals surface area contributed by atoms with Gasteiger partial charge in [-0.1, -0.05) is 24.3 Å². The highest BCUT2D eigenvalue weighted by Crippen LogP contribution is 2.25. The molecule has 1 aliphatic rings. The van der Waals surface area contributed by atoms with Crippen molar-refractivity contribution >= 4 is 27.4 Å². The number of ketones is 1. The van der Waals surface area contributed by atoms with Crippen LogP contribution in [0.25, 0.3) is 0 Å². The number of benzene rings is 2. The fourth-order valence-electron chi connectivity index (χ4n) is 3.50. The number of carbonyl (C=O) groups excluding carboxylic acids is 1. The van der Waals surface area contributed by atoms with Crippen LogP contribution >= 0.6 is 0 Å². The van der Waals surface area contributed by atoms with Crippen LogP contribution < -0.4 is 10.0 Å². The van der Waals surface area contributed by atoms with Crippen molar-refractivity contribution in [3.05, 3.63) is 88.9 Å². The number of aromatic nitrogens is 2. The van der Waals surface area contributed by atoms with Crippen LogP contribution in [0.4, 0.5) is 11.6 Å². The average Bonchev–Trinajstić information content (AvgIpc) is 2.73. The predicted molar refractivity (Wildman–Crippen MR) is 120 cm³/mol. The number of rotatable bonds is 5. The number of carbonyl (C=O) groups is 1. The molecule has 0 spiro atoms. The molecule has 8 heteroatoms. The maximum atomic E-state index is 12.6. The molecule has 0 bridgehead atoms. The Balaban J connectivity index is 1.47. The lowest BCUT2D eigenvalue weighted by Gasteiger charge is -2.17. The molecule has 1 aliphatic carbocycles. The highest BCUT2D eigenvalue weighted by Gasteiger charge is 2.21. The molecule has 2 aromatic carbocycles. The Morgan fingerprint density at radius 1 is 0.935 bits per heavy atom. The minimum absolute atomic E-state index is 0.0196. The van der Waals surface area contributed by atoms with Crippen molar-refractivity contribution in [2.24, 2.45) is 0 Å². The van der Waals surface area contributed by atoms with Gasteiger partial charge in [-0.05, 0) is 62.6 Å². The van der Waals surface area contributed by atoms with E-state index in [0.29, 0.717) is 29.1 Å². The maximum absolute atomic E-state index is 12.6. The number of hydrogen-bond acceptors (Lipinski definition) is 6. The predicted octanol–water partition coefficient (Wildman–Crippen LogP) is 4.02. The van der Waals surface area contributed by atoms with E-state index in [-0.39, 0.29) is 16.6 Å². The monoisotopic (exact) mass is 434 g/mol. The molecule has 31 heavy (non-hydrogen) atoms. The normalized spacial score (nSPS) is 14.9. The molecule has 0 amide bonds. The number of nitrogens with one attached hydrogen (secondary N) is 2. The van der Waals surface area contributed by atoms with Gasteiger partial charge in [0, 0.05) is 34.4 Å². The Hall–Kier alpha value is -3.52. The van der Waals surface area contributed by atoms with Crippen LogP contribution in [0.2, 0.25) is 0 Å². The first-order valence-electron chi connectivity index (χ1n) is 9.85. The number of sulfonamides is 1. The molecule has 7 nitrogen and oxygen atoms in total. The van der Waals surface area contributed by atoms with Gasteiger partial charge in [-0.15, -0.1) is 0 Å². The summed E-state index contributed by atoms with van der Waals surface area (Å²) in [5, 5.41) is 3.10. The largest absolute Gasteiger partial charge is 0.361 e. The van der Waals surface area contributed by atoms with Gasteiger partial charge >= 0.3 is 0 Å². The zero-order valence-corrected chi connectivity index (χ0v) is 18.0. The first-order valence-corrected chi connectivity index (χ1v) is 11.3. The van der Waals surface area contributed by atoms with Crippen LogP contribution in [-0.4, -0.2) is 24.2 Å². The number of anilines is 2. The van der Waals surface area contributed by atoms with Crippen molar-refractivity contribution < 1.29 is 13.2 Å². The standard InChI is InChI=1S/C23H22N4O3S/c1-15-13-16(2)26-23(25-15)27-31(29,30)20-11-9-19(10-12-20)24-14-18-8-7-17-5-3-4-6-21(17)22(18)28/h3-6,9-14,24H,7-8H2,1-2H3,(H,25,26,27). The summed E-state index contributed by atoms with van der Waals surface area (Å²) in [5.41, 5.74) is 4.54. The molecule has 0 radical (unpaired) electrons. The van der Waals surface area contributed by atoms with Crippen molar-refractivity contribution in [1.82, 2.24) is 9.97 Å². The summed E-state index contributed by atoms with van der Waals surface area (Å²) in [5.74, 6) is 0.0618. The summed E-state index contributed by atoms with van der Waals surface area (Å²) < 4.78 is 27.7. The van der Waals surface area contributed by atoms with E-state index >= 15 is 0 Å². The number of fused-ring (bicyclic) bond motifs is 1. The van der Waals surface area contributed by atoms with Gasteiger partial charge in [0.15, 0.2) is 5.78 Å². The summed E-state index contributed by atoms with van der Waals surface area (Å²) in [6, 6.07) is 15.7. The number of nitrogens with zero attached hydrogens (tertiary/aromatic N) is 2. The zero-order chi connectivity index (χ0) is 22.0. The molecular formula is C23H22N4O3S. The summed E-state index contributed by atoms with van der Waals surface area (Å²) >= 11 is 0. The van der Waals surface area contributed by atoms with Crippen LogP contribution in [0, 0.1) is 13.8 Å². The summed E-state index contributed by atoms with van der Waals surface area (Å²) in [6.07, 6.45) is 3.18. The second-order valence-electron chi connectivity index (χ2n) is 7.40. The fourth-order valence-corrected chi connectivity index (χ4v) is 4.45. The zero-order valence-electron chi connectivity index (χ0n) is 17.2. The van der Waals surface area contributed by atoms with Gasteiger partial charge in [0.2, 0.25) is 5.95 Å². The molecule has 0 unspecified atom stereocenters. The fraction of sp³-hybridized carbons (Fsp3) is 0.174. The Morgan fingerprint density at radius 3 is 2.32 bits per heavy atom. The molecule has 4 rings (SSSR count). The minimum Gasteiger partial charge on any atom is -0.361 e. The molecule has 0 aliphatic heterocycles. The third-order valence-corrected chi connectivity index (χ3v) is 6.35. The summed E-state index contributed by atoms with van der Waals surface area (Å²) in [6.45, 7) is 3.55. The molecular weight excluding hydrogens is 412 g/mol. The number of aryl methyl sites for hydroxylation is 3. The molecule has 2 N–H and O–H groups in total. The van der Waals surface area contributed by atoms with Crippen LogP contribution in [0.5, 0.6) is 0 Å². The first kappa shape index (κ1) is 20.7. The second kappa shape index (κ2) is 8.31. The molecule has 0 saturated heterocycles. The van der Waals surface area contributed by atoms with Gasteiger partial charge in [0.25, 0.3) is 10.0 Å². The van der Waals surface area contributed by atoms with E-state index in [0.717, 1.165) is 17.5 Å². The average molecular weight is 435 g/mol. The van der Waals surface area contributed by atoms with E-state index in [1.54, 1.807) is 38.2 Å². The minimum atomic E-state index is -3.81. The third-order valence-electron chi connectivity index (χ3n) is 5.00. The van der Waals surface area contributed by atoms with Crippen LogP contribution in [0.15, 0.2) is 71.3 Å². The van der Waals surface area contributed by atoms with Gasteiger partial charge in [0.05, 0.1) is 4.90 Å². The number of hydrogen-bond donors (Lipinski definition) is 2.